The number of carbonyl (C=O) groups excluding carboxylic acids is 3. The van der Waals surface area contributed by atoms with Crippen LogP contribution in [0, 0.1) is 5.82 Å². The zero-order valence-electron chi connectivity index (χ0n) is 15.1. The Labute approximate surface area is 156 Å². The van der Waals surface area contributed by atoms with E-state index in [1.807, 2.05) is 6.92 Å². The molecule has 0 bridgehead atoms. The lowest BCUT2D eigenvalue weighted by atomic mass is 10.1. The predicted molar refractivity (Wildman–Crippen MR) is 97.3 cm³/mol. The van der Waals surface area contributed by atoms with Gasteiger partial charge >= 0.3 is 6.03 Å². The number of hydrogen-bond acceptors (Lipinski definition) is 3. The number of nitrogens with one attached hydrogen (secondary N) is 1. The quantitative estimate of drug-likeness (QED) is 0.824. The van der Waals surface area contributed by atoms with E-state index in [1.54, 1.807) is 48.3 Å². The minimum Gasteiger partial charge on any atom is -0.335 e. The van der Waals surface area contributed by atoms with Gasteiger partial charge < -0.3 is 10.2 Å². The molecule has 140 valence electrons. The lowest BCUT2D eigenvalue weighted by Gasteiger charge is -2.25. The third-order valence-corrected chi connectivity index (χ3v) is 4.73. The summed E-state index contributed by atoms with van der Waals surface area (Å²) in [5.74, 6) is -0.762. The molecule has 2 aromatic carbocycles. The van der Waals surface area contributed by atoms with Crippen molar-refractivity contribution in [3.63, 3.8) is 0 Å². The van der Waals surface area contributed by atoms with Crippen LogP contribution in [0.2, 0.25) is 0 Å². The first-order chi connectivity index (χ1) is 12.9. The van der Waals surface area contributed by atoms with Gasteiger partial charge in [0.15, 0.2) is 0 Å². The zero-order chi connectivity index (χ0) is 19.6. The van der Waals surface area contributed by atoms with Crippen LogP contribution in [0.15, 0.2) is 48.5 Å². The molecule has 1 aliphatic rings. The predicted octanol–water partition coefficient (Wildman–Crippen LogP) is 2.71. The lowest BCUT2D eigenvalue weighted by molar-refractivity contribution is -0.125. The number of rotatable bonds is 5. The van der Waals surface area contributed by atoms with Crippen molar-refractivity contribution < 1.29 is 18.8 Å². The monoisotopic (exact) mass is 369 g/mol. The summed E-state index contributed by atoms with van der Waals surface area (Å²) >= 11 is 0. The van der Waals surface area contributed by atoms with E-state index in [4.69, 9.17) is 0 Å². The molecule has 0 aliphatic carbocycles. The minimum atomic E-state index is -0.409. The molecule has 0 saturated carbocycles. The Balaban J connectivity index is 1.68. The molecule has 0 radical (unpaired) electrons. The molecule has 1 unspecified atom stereocenters. The summed E-state index contributed by atoms with van der Waals surface area (Å²) in [4.78, 5) is 38.7. The van der Waals surface area contributed by atoms with Crippen LogP contribution in [0.3, 0.4) is 0 Å². The maximum Gasteiger partial charge on any atom is 0.324 e. The van der Waals surface area contributed by atoms with Gasteiger partial charge in [0, 0.05) is 12.6 Å². The Morgan fingerprint density at radius 2 is 1.78 bits per heavy atom. The molecule has 27 heavy (non-hydrogen) atoms. The highest BCUT2D eigenvalue weighted by Crippen LogP contribution is 2.21. The maximum absolute atomic E-state index is 13.1. The number of hydrogen-bond donors (Lipinski definition) is 1. The SMILES string of the molecule is CC(c1ccc(F)cc1)N(C)C(=O)c1ccc(CN2C(=O)CNC2=O)cc1. The smallest absolute Gasteiger partial charge is 0.324 e. The fourth-order valence-electron chi connectivity index (χ4n) is 2.90. The number of carbonyl (C=O) groups is 3. The van der Waals surface area contributed by atoms with Gasteiger partial charge in [-0.15, -0.1) is 0 Å². The van der Waals surface area contributed by atoms with Gasteiger partial charge in [0.1, 0.15) is 5.82 Å². The molecular formula is C20H20FN3O3. The molecule has 1 atom stereocenters. The molecule has 3 rings (SSSR count). The average molecular weight is 369 g/mol. The van der Waals surface area contributed by atoms with Crippen molar-refractivity contribution in [2.45, 2.75) is 19.5 Å². The van der Waals surface area contributed by atoms with Crippen LogP contribution in [-0.2, 0) is 11.3 Å². The number of urea groups is 1. The minimum absolute atomic E-state index is 0.0153. The fourth-order valence-corrected chi connectivity index (χ4v) is 2.90. The molecule has 0 spiro atoms. The van der Waals surface area contributed by atoms with Crippen molar-refractivity contribution >= 4 is 17.8 Å². The molecule has 1 heterocycles. The second kappa shape index (κ2) is 7.57. The molecular weight excluding hydrogens is 349 g/mol. The molecule has 6 nitrogen and oxygen atoms in total. The fraction of sp³-hybridized carbons (Fsp3) is 0.250. The Bertz CT molecular complexity index is 849. The highest BCUT2D eigenvalue weighted by molar-refractivity contribution is 6.01. The Hall–Kier alpha value is -3.22. The zero-order valence-corrected chi connectivity index (χ0v) is 15.1. The van der Waals surface area contributed by atoms with Gasteiger partial charge in [-0.1, -0.05) is 24.3 Å². The van der Waals surface area contributed by atoms with E-state index < -0.39 is 6.03 Å². The first kappa shape index (κ1) is 18.6. The van der Waals surface area contributed by atoms with Gasteiger partial charge in [-0.2, -0.15) is 0 Å². The first-order valence-corrected chi connectivity index (χ1v) is 8.56. The largest absolute Gasteiger partial charge is 0.335 e. The van der Waals surface area contributed by atoms with Crippen molar-refractivity contribution in [1.82, 2.24) is 15.1 Å². The number of halogens is 1. The lowest BCUT2D eigenvalue weighted by Crippen LogP contribution is -2.30. The topological polar surface area (TPSA) is 69.7 Å². The second-order valence-electron chi connectivity index (χ2n) is 6.48. The van der Waals surface area contributed by atoms with Crippen molar-refractivity contribution in [2.75, 3.05) is 13.6 Å². The number of amides is 4. The van der Waals surface area contributed by atoms with E-state index in [2.05, 4.69) is 5.32 Å². The van der Waals surface area contributed by atoms with E-state index in [9.17, 15) is 18.8 Å². The number of imide groups is 1. The molecule has 1 fully saturated rings. The van der Waals surface area contributed by atoms with Crippen LogP contribution < -0.4 is 5.32 Å². The van der Waals surface area contributed by atoms with Crippen LogP contribution in [0.1, 0.15) is 34.5 Å². The summed E-state index contributed by atoms with van der Waals surface area (Å²) in [5, 5.41) is 2.47. The third kappa shape index (κ3) is 3.97. The summed E-state index contributed by atoms with van der Waals surface area (Å²) in [6.45, 7) is 2.06. The van der Waals surface area contributed by atoms with Gasteiger partial charge in [-0.25, -0.2) is 9.18 Å². The number of nitrogens with zero attached hydrogens (tertiary/aromatic N) is 2. The van der Waals surface area contributed by atoms with E-state index in [0.29, 0.717) is 5.56 Å². The van der Waals surface area contributed by atoms with E-state index in [1.165, 1.54) is 12.1 Å². The van der Waals surface area contributed by atoms with Gasteiger partial charge in [0.05, 0.1) is 19.1 Å². The van der Waals surface area contributed by atoms with E-state index in [0.717, 1.165) is 16.0 Å². The van der Waals surface area contributed by atoms with Crippen molar-refractivity contribution in [1.29, 1.82) is 0 Å². The highest BCUT2D eigenvalue weighted by Gasteiger charge is 2.28. The average Bonchev–Trinajstić information content (AvgIpc) is 2.99. The van der Waals surface area contributed by atoms with E-state index in [-0.39, 0.29) is 36.8 Å². The molecule has 0 aromatic heterocycles. The van der Waals surface area contributed by atoms with E-state index >= 15 is 0 Å². The van der Waals surface area contributed by atoms with Crippen molar-refractivity contribution in [2.24, 2.45) is 0 Å². The van der Waals surface area contributed by atoms with Gasteiger partial charge in [-0.05, 0) is 42.3 Å². The molecule has 7 heteroatoms. The molecule has 1 aliphatic heterocycles. The molecule has 4 amide bonds. The Morgan fingerprint density at radius 1 is 1.15 bits per heavy atom. The standard InChI is InChI=1S/C20H20FN3O3/c1-13(15-7-9-17(21)10-8-15)23(2)19(26)16-5-3-14(4-6-16)12-24-18(25)11-22-20(24)27/h3-10,13H,11-12H2,1-2H3,(H,22,27). The third-order valence-electron chi connectivity index (χ3n) is 4.73. The maximum atomic E-state index is 13.1. The summed E-state index contributed by atoms with van der Waals surface area (Å²) in [7, 11) is 1.69. The summed E-state index contributed by atoms with van der Waals surface area (Å²) < 4.78 is 13.1. The molecule has 1 saturated heterocycles. The van der Waals surface area contributed by atoms with Gasteiger partial charge in [0.25, 0.3) is 5.91 Å². The van der Waals surface area contributed by atoms with Gasteiger partial charge in [0.2, 0.25) is 5.91 Å². The van der Waals surface area contributed by atoms with Gasteiger partial charge in [-0.3, -0.25) is 14.5 Å². The first-order valence-electron chi connectivity index (χ1n) is 8.56. The van der Waals surface area contributed by atoms with Crippen LogP contribution in [0.4, 0.5) is 9.18 Å². The number of benzene rings is 2. The normalized spacial score (nSPS) is 14.9. The molecule has 1 N–H and O–H groups in total. The summed E-state index contributed by atoms with van der Waals surface area (Å²) in [6.07, 6.45) is 0. The van der Waals surface area contributed by atoms with Crippen molar-refractivity contribution in [3.05, 3.63) is 71.0 Å². The van der Waals surface area contributed by atoms with Crippen LogP contribution in [0.25, 0.3) is 0 Å². The highest BCUT2D eigenvalue weighted by atomic mass is 19.1. The Kier molecular flexibility index (Phi) is 5.21. The summed E-state index contributed by atoms with van der Waals surface area (Å²) in [6, 6.07) is 12.2. The summed E-state index contributed by atoms with van der Waals surface area (Å²) in [5.41, 5.74) is 2.08. The molecule has 2 aromatic rings. The Morgan fingerprint density at radius 3 is 2.33 bits per heavy atom. The van der Waals surface area contributed by atoms with Crippen LogP contribution in [0.5, 0.6) is 0 Å². The van der Waals surface area contributed by atoms with Crippen LogP contribution >= 0.6 is 0 Å². The van der Waals surface area contributed by atoms with Crippen LogP contribution in [-0.4, -0.2) is 41.2 Å². The second-order valence-corrected chi connectivity index (χ2v) is 6.48. The van der Waals surface area contributed by atoms with Crippen molar-refractivity contribution in [3.8, 4) is 0 Å².